The highest BCUT2D eigenvalue weighted by molar-refractivity contribution is 5.76. The van der Waals surface area contributed by atoms with Crippen LogP contribution in [0.3, 0.4) is 0 Å². The molecule has 0 radical (unpaired) electrons. The van der Waals surface area contributed by atoms with Gasteiger partial charge in [0.1, 0.15) is 0 Å². The second-order valence-corrected chi connectivity index (χ2v) is 4.34. The van der Waals surface area contributed by atoms with E-state index in [0.717, 1.165) is 32.5 Å². The summed E-state index contributed by atoms with van der Waals surface area (Å²) in [6, 6.07) is 0. The molecule has 0 saturated carbocycles. The summed E-state index contributed by atoms with van der Waals surface area (Å²) in [5.41, 5.74) is 10.9. The Hall–Kier alpha value is -0.610. The van der Waals surface area contributed by atoms with E-state index in [1.54, 1.807) is 0 Å². The van der Waals surface area contributed by atoms with Crippen molar-refractivity contribution in [3.05, 3.63) is 0 Å². The minimum atomic E-state index is -0.157. The average Bonchev–Trinajstić information content (AvgIpc) is 2.18. The van der Waals surface area contributed by atoms with Gasteiger partial charge < -0.3 is 16.4 Å². The zero-order chi connectivity index (χ0) is 10.6. The van der Waals surface area contributed by atoms with Gasteiger partial charge in [0, 0.05) is 13.1 Å². The van der Waals surface area contributed by atoms with E-state index in [1.807, 2.05) is 0 Å². The van der Waals surface area contributed by atoms with Crippen LogP contribution in [-0.4, -0.2) is 37.0 Å². The van der Waals surface area contributed by atoms with Crippen molar-refractivity contribution < 1.29 is 4.79 Å². The van der Waals surface area contributed by atoms with Gasteiger partial charge in [-0.2, -0.15) is 0 Å². The Labute approximate surface area is 85.6 Å². The lowest BCUT2D eigenvalue weighted by atomic mass is 9.96. The zero-order valence-corrected chi connectivity index (χ0v) is 8.91. The second-order valence-electron chi connectivity index (χ2n) is 4.34. The maximum Gasteiger partial charge on any atom is 0.221 e. The minimum Gasteiger partial charge on any atom is -0.369 e. The maximum atomic E-state index is 11.0. The van der Waals surface area contributed by atoms with Crippen LogP contribution in [-0.2, 0) is 4.79 Å². The number of hydrogen-bond acceptors (Lipinski definition) is 3. The predicted octanol–water partition coefficient (Wildman–Crippen LogP) is -0.221. The zero-order valence-electron chi connectivity index (χ0n) is 8.91. The van der Waals surface area contributed by atoms with E-state index in [4.69, 9.17) is 11.5 Å². The van der Waals surface area contributed by atoms with E-state index >= 15 is 0 Å². The van der Waals surface area contributed by atoms with Gasteiger partial charge in [0.25, 0.3) is 0 Å². The molecule has 82 valence electrons. The van der Waals surface area contributed by atoms with Crippen molar-refractivity contribution in [1.82, 2.24) is 4.90 Å². The van der Waals surface area contributed by atoms with Gasteiger partial charge in [-0.1, -0.05) is 6.92 Å². The summed E-state index contributed by atoms with van der Waals surface area (Å²) >= 11 is 0. The molecule has 4 nitrogen and oxygen atoms in total. The van der Waals surface area contributed by atoms with Gasteiger partial charge in [-0.25, -0.2) is 0 Å². The number of carbonyl (C=O) groups excluding carboxylic acids is 1. The van der Waals surface area contributed by atoms with E-state index in [0.29, 0.717) is 12.5 Å². The van der Waals surface area contributed by atoms with Gasteiger partial charge >= 0.3 is 0 Å². The van der Waals surface area contributed by atoms with Crippen LogP contribution >= 0.6 is 0 Å². The van der Waals surface area contributed by atoms with Crippen molar-refractivity contribution in [1.29, 1.82) is 0 Å². The van der Waals surface area contributed by atoms with Crippen molar-refractivity contribution in [2.24, 2.45) is 23.3 Å². The molecule has 0 spiro atoms. The summed E-state index contributed by atoms with van der Waals surface area (Å²) in [5, 5.41) is 0. The quantitative estimate of drug-likeness (QED) is 0.657. The Morgan fingerprint density at radius 2 is 2.36 bits per heavy atom. The third-order valence-electron chi connectivity index (χ3n) is 2.88. The SMILES string of the molecule is CC(CN)CN1CCCC(C(N)=O)C1. The lowest BCUT2D eigenvalue weighted by Gasteiger charge is -2.32. The Balaban J connectivity index is 2.36. The highest BCUT2D eigenvalue weighted by atomic mass is 16.1. The first kappa shape index (κ1) is 11.5. The maximum absolute atomic E-state index is 11.0. The van der Waals surface area contributed by atoms with Crippen LogP contribution in [0.15, 0.2) is 0 Å². The molecule has 0 aromatic heterocycles. The Morgan fingerprint density at radius 3 is 2.93 bits per heavy atom. The van der Waals surface area contributed by atoms with E-state index < -0.39 is 0 Å². The molecule has 1 aliphatic heterocycles. The molecule has 4 heteroatoms. The molecule has 4 N–H and O–H groups in total. The monoisotopic (exact) mass is 199 g/mol. The Bertz CT molecular complexity index is 196. The van der Waals surface area contributed by atoms with Gasteiger partial charge in [-0.05, 0) is 31.8 Å². The normalized spacial score (nSPS) is 26.0. The summed E-state index contributed by atoms with van der Waals surface area (Å²) in [7, 11) is 0. The molecule has 2 unspecified atom stereocenters. The Kier molecular flexibility index (Phi) is 4.35. The number of amides is 1. The molecule has 1 heterocycles. The van der Waals surface area contributed by atoms with Crippen LogP contribution in [0.1, 0.15) is 19.8 Å². The first-order valence-corrected chi connectivity index (χ1v) is 5.35. The van der Waals surface area contributed by atoms with Crippen LogP contribution in [0.5, 0.6) is 0 Å². The van der Waals surface area contributed by atoms with Crippen molar-refractivity contribution in [3.8, 4) is 0 Å². The molecular formula is C10H21N3O. The van der Waals surface area contributed by atoms with Gasteiger partial charge in [-0.15, -0.1) is 0 Å². The summed E-state index contributed by atoms with van der Waals surface area (Å²) in [6.07, 6.45) is 2.02. The molecule has 1 amide bonds. The minimum absolute atomic E-state index is 0.0497. The van der Waals surface area contributed by atoms with Crippen LogP contribution in [0.4, 0.5) is 0 Å². The highest BCUT2D eigenvalue weighted by Crippen LogP contribution is 2.16. The molecule has 1 rings (SSSR count). The van der Waals surface area contributed by atoms with E-state index in [1.165, 1.54) is 0 Å². The van der Waals surface area contributed by atoms with Crippen LogP contribution in [0.25, 0.3) is 0 Å². The van der Waals surface area contributed by atoms with E-state index in [9.17, 15) is 4.79 Å². The third-order valence-corrected chi connectivity index (χ3v) is 2.88. The van der Waals surface area contributed by atoms with Crippen molar-refractivity contribution in [3.63, 3.8) is 0 Å². The molecular weight excluding hydrogens is 178 g/mol. The molecule has 14 heavy (non-hydrogen) atoms. The number of nitrogens with two attached hydrogens (primary N) is 2. The molecule has 0 aromatic carbocycles. The number of primary amides is 1. The molecule has 1 aliphatic rings. The fourth-order valence-electron chi connectivity index (χ4n) is 1.97. The average molecular weight is 199 g/mol. The molecule has 1 fully saturated rings. The first-order valence-electron chi connectivity index (χ1n) is 5.35. The summed E-state index contributed by atoms with van der Waals surface area (Å²) in [6.45, 7) is 5.72. The number of nitrogens with zero attached hydrogens (tertiary/aromatic N) is 1. The number of carbonyl (C=O) groups is 1. The number of rotatable bonds is 4. The smallest absolute Gasteiger partial charge is 0.221 e. The van der Waals surface area contributed by atoms with E-state index in [2.05, 4.69) is 11.8 Å². The number of hydrogen-bond donors (Lipinski definition) is 2. The van der Waals surface area contributed by atoms with Crippen LogP contribution < -0.4 is 11.5 Å². The standard InChI is InChI=1S/C10H21N3O/c1-8(5-11)6-13-4-2-3-9(7-13)10(12)14/h8-9H,2-7,11H2,1H3,(H2,12,14). The van der Waals surface area contributed by atoms with Gasteiger partial charge in [0.15, 0.2) is 0 Å². The summed E-state index contributed by atoms with van der Waals surface area (Å²) in [5.74, 6) is 0.394. The topological polar surface area (TPSA) is 72.3 Å². The molecule has 0 bridgehead atoms. The molecule has 1 saturated heterocycles. The van der Waals surface area contributed by atoms with Gasteiger partial charge in [0.2, 0.25) is 5.91 Å². The fourth-order valence-corrected chi connectivity index (χ4v) is 1.97. The fraction of sp³-hybridized carbons (Fsp3) is 0.900. The van der Waals surface area contributed by atoms with Gasteiger partial charge in [0.05, 0.1) is 5.92 Å². The van der Waals surface area contributed by atoms with Crippen molar-refractivity contribution in [2.45, 2.75) is 19.8 Å². The van der Waals surface area contributed by atoms with Crippen molar-refractivity contribution >= 4 is 5.91 Å². The molecule has 0 aromatic rings. The van der Waals surface area contributed by atoms with Crippen molar-refractivity contribution in [2.75, 3.05) is 26.2 Å². The number of piperidine rings is 1. The van der Waals surface area contributed by atoms with E-state index in [-0.39, 0.29) is 11.8 Å². The van der Waals surface area contributed by atoms with Crippen LogP contribution in [0.2, 0.25) is 0 Å². The first-order chi connectivity index (χ1) is 6.63. The summed E-state index contributed by atoms with van der Waals surface area (Å²) < 4.78 is 0. The lowest BCUT2D eigenvalue weighted by Crippen LogP contribution is -2.43. The molecule has 2 atom stereocenters. The largest absolute Gasteiger partial charge is 0.369 e. The number of likely N-dealkylation sites (tertiary alicyclic amines) is 1. The highest BCUT2D eigenvalue weighted by Gasteiger charge is 2.24. The Morgan fingerprint density at radius 1 is 1.64 bits per heavy atom. The lowest BCUT2D eigenvalue weighted by molar-refractivity contribution is -0.123. The van der Waals surface area contributed by atoms with Crippen LogP contribution in [0, 0.1) is 11.8 Å². The van der Waals surface area contributed by atoms with Gasteiger partial charge in [-0.3, -0.25) is 4.79 Å². The summed E-state index contributed by atoms with van der Waals surface area (Å²) in [4.78, 5) is 13.3. The predicted molar refractivity (Wildman–Crippen MR) is 56.6 cm³/mol. The third kappa shape index (κ3) is 3.27. The molecule has 0 aliphatic carbocycles. The second kappa shape index (κ2) is 5.32.